The van der Waals surface area contributed by atoms with Gasteiger partial charge in [-0.3, -0.25) is 4.79 Å². The molecule has 3 aromatic rings. The fourth-order valence-electron chi connectivity index (χ4n) is 2.89. The molecule has 0 bridgehead atoms. The van der Waals surface area contributed by atoms with Gasteiger partial charge in [0.05, 0.1) is 12.7 Å². The van der Waals surface area contributed by atoms with Crippen LogP contribution in [0.5, 0.6) is 0 Å². The van der Waals surface area contributed by atoms with Crippen LogP contribution in [0, 0.1) is 13.8 Å². The van der Waals surface area contributed by atoms with E-state index in [0.717, 1.165) is 22.2 Å². The Hall–Kier alpha value is -3.08. The van der Waals surface area contributed by atoms with Crippen LogP contribution < -0.4 is 5.32 Å². The third-order valence-corrected chi connectivity index (χ3v) is 4.25. The number of anilines is 1. The highest BCUT2D eigenvalue weighted by Crippen LogP contribution is 2.21. The van der Waals surface area contributed by atoms with Crippen molar-refractivity contribution in [3.63, 3.8) is 0 Å². The lowest BCUT2D eigenvalue weighted by molar-refractivity contribution is -0.116. The molecule has 1 amide bonds. The van der Waals surface area contributed by atoms with Crippen LogP contribution in [-0.2, 0) is 16.1 Å². The van der Waals surface area contributed by atoms with Gasteiger partial charge in [0.1, 0.15) is 6.54 Å². The highest BCUT2D eigenvalue weighted by Gasteiger charge is 2.13. The molecule has 5 heteroatoms. The normalized spacial score (nSPS) is 10.7. The van der Waals surface area contributed by atoms with Gasteiger partial charge in [0.2, 0.25) is 5.91 Å². The second kappa shape index (κ2) is 6.81. The summed E-state index contributed by atoms with van der Waals surface area (Å²) < 4.78 is 6.71. The molecular formula is C20H20N2O3. The van der Waals surface area contributed by atoms with Gasteiger partial charge in [-0.2, -0.15) is 0 Å². The second-order valence-corrected chi connectivity index (χ2v) is 6.00. The lowest BCUT2D eigenvalue weighted by Crippen LogP contribution is -2.20. The fourth-order valence-corrected chi connectivity index (χ4v) is 2.89. The van der Waals surface area contributed by atoms with Gasteiger partial charge in [0.15, 0.2) is 0 Å². The maximum absolute atomic E-state index is 12.5. The Morgan fingerprint density at radius 2 is 1.84 bits per heavy atom. The quantitative estimate of drug-likeness (QED) is 0.739. The van der Waals surface area contributed by atoms with E-state index in [2.05, 4.69) is 11.4 Å². The van der Waals surface area contributed by atoms with Crippen LogP contribution in [0.25, 0.3) is 10.9 Å². The molecule has 0 radical (unpaired) electrons. The van der Waals surface area contributed by atoms with E-state index < -0.39 is 5.97 Å². The molecule has 5 nitrogen and oxygen atoms in total. The summed E-state index contributed by atoms with van der Waals surface area (Å²) in [4.78, 5) is 24.2. The third-order valence-electron chi connectivity index (χ3n) is 4.25. The molecule has 0 spiro atoms. The summed E-state index contributed by atoms with van der Waals surface area (Å²) in [5, 5.41) is 4.00. The number of ether oxygens (including phenoxy) is 1. The molecule has 1 aromatic heterocycles. The lowest BCUT2D eigenvalue weighted by atomic mass is 10.1. The number of carbonyl (C=O) groups is 2. The van der Waals surface area contributed by atoms with Crippen molar-refractivity contribution in [2.75, 3.05) is 12.4 Å². The molecule has 2 aromatic carbocycles. The van der Waals surface area contributed by atoms with E-state index >= 15 is 0 Å². The molecule has 0 unspecified atom stereocenters. The highest BCUT2D eigenvalue weighted by atomic mass is 16.5. The number of hydrogen-bond donors (Lipinski definition) is 1. The van der Waals surface area contributed by atoms with E-state index in [1.807, 2.05) is 42.7 Å². The lowest BCUT2D eigenvalue weighted by Gasteiger charge is -2.12. The Kier molecular flexibility index (Phi) is 4.57. The molecule has 0 atom stereocenters. The predicted molar refractivity (Wildman–Crippen MR) is 97.8 cm³/mol. The number of methoxy groups -OCH3 is 1. The van der Waals surface area contributed by atoms with Crippen molar-refractivity contribution in [3.05, 3.63) is 65.4 Å². The molecule has 3 rings (SSSR count). The minimum absolute atomic E-state index is 0.144. The largest absolute Gasteiger partial charge is 0.465 e. The molecule has 0 aliphatic carbocycles. The zero-order valence-electron chi connectivity index (χ0n) is 14.5. The molecule has 1 heterocycles. The van der Waals surface area contributed by atoms with Crippen molar-refractivity contribution in [3.8, 4) is 0 Å². The Balaban J connectivity index is 1.83. The van der Waals surface area contributed by atoms with Crippen LogP contribution in [0.1, 0.15) is 21.6 Å². The van der Waals surface area contributed by atoms with Gasteiger partial charge in [-0.25, -0.2) is 4.79 Å². The van der Waals surface area contributed by atoms with Gasteiger partial charge in [0, 0.05) is 16.9 Å². The minimum Gasteiger partial charge on any atom is -0.465 e. The second-order valence-electron chi connectivity index (χ2n) is 6.00. The maximum atomic E-state index is 12.5. The Bertz CT molecular complexity index is 957. The standard InChI is InChI=1S/C20H20N2O3/c1-13-8-9-16(20(24)25-3)11-17(13)21-19(23)12-22-14(2)10-15-6-4-5-7-18(15)22/h4-11H,12H2,1-3H3,(H,21,23). The summed E-state index contributed by atoms with van der Waals surface area (Å²) in [6.07, 6.45) is 0. The number of nitrogens with one attached hydrogen (secondary N) is 1. The van der Waals surface area contributed by atoms with Gasteiger partial charge in [-0.15, -0.1) is 0 Å². The van der Waals surface area contributed by atoms with Crippen LogP contribution in [0.15, 0.2) is 48.5 Å². The summed E-state index contributed by atoms with van der Waals surface area (Å²) in [7, 11) is 1.33. The average molecular weight is 336 g/mol. The number of amides is 1. The van der Waals surface area contributed by atoms with Crippen LogP contribution in [0.4, 0.5) is 5.69 Å². The fraction of sp³-hybridized carbons (Fsp3) is 0.200. The smallest absolute Gasteiger partial charge is 0.337 e. The van der Waals surface area contributed by atoms with Crippen molar-refractivity contribution in [1.29, 1.82) is 0 Å². The molecule has 0 fully saturated rings. The van der Waals surface area contributed by atoms with Crippen molar-refractivity contribution in [2.45, 2.75) is 20.4 Å². The van der Waals surface area contributed by atoms with E-state index in [-0.39, 0.29) is 12.5 Å². The Morgan fingerprint density at radius 1 is 1.08 bits per heavy atom. The number of carbonyl (C=O) groups excluding carboxylic acids is 2. The summed E-state index contributed by atoms with van der Waals surface area (Å²) in [5.41, 5.74) is 3.95. The minimum atomic E-state index is -0.428. The van der Waals surface area contributed by atoms with E-state index in [1.165, 1.54) is 7.11 Å². The molecule has 0 saturated heterocycles. The first-order valence-corrected chi connectivity index (χ1v) is 8.03. The van der Waals surface area contributed by atoms with E-state index in [1.54, 1.807) is 18.2 Å². The maximum Gasteiger partial charge on any atom is 0.337 e. The van der Waals surface area contributed by atoms with Crippen molar-refractivity contribution >= 4 is 28.5 Å². The number of aryl methyl sites for hydroxylation is 2. The Labute approximate surface area is 146 Å². The average Bonchev–Trinajstić information content (AvgIpc) is 2.92. The van der Waals surface area contributed by atoms with Gasteiger partial charge in [0.25, 0.3) is 0 Å². The van der Waals surface area contributed by atoms with Gasteiger partial charge >= 0.3 is 5.97 Å². The number of para-hydroxylation sites is 1. The van der Waals surface area contributed by atoms with Crippen LogP contribution in [0.3, 0.4) is 0 Å². The number of rotatable bonds is 4. The highest BCUT2D eigenvalue weighted by molar-refractivity contribution is 5.96. The van der Waals surface area contributed by atoms with Gasteiger partial charge < -0.3 is 14.6 Å². The van der Waals surface area contributed by atoms with Crippen molar-refractivity contribution in [1.82, 2.24) is 4.57 Å². The van der Waals surface area contributed by atoms with Crippen molar-refractivity contribution < 1.29 is 14.3 Å². The summed E-state index contributed by atoms with van der Waals surface area (Å²) in [6.45, 7) is 4.07. The zero-order chi connectivity index (χ0) is 18.0. The third kappa shape index (κ3) is 3.40. The van der Waals surface area contributed by atoms with Gasteiger partial charge in [-0.05, 0) is 49.1 Å². The first kappa shape index (κ1) is 16.8. The van der Waals surface area contributed by atoms with E-state index in [0.29, 0.717) is 11.3 Å². The zero-order valence-corrected chi connectivity index (χ0v) is 14.5. The van der Waals surface area contributed by atoms with E-state index in [9.17, 15) is 9.59 Å². The number of aromatic nitrogens is 1. The number of nitrogens with zero attached hydrogens (tertiary/aromatic N) is 1. The van der Waals surface area contributed by atoms with Crippen LogP contribution in [-0.4, -0.2) is 23.6 Å². The SMILES string of the molecule is COC(=O)c1ccc(C)c(NC(=O)Cn2c(C)cc3ccccc32)c1. The molecule has 25 heavy (non-hydrogen) atoms. The van der Waals surface area contributed by atoms with E-state index in [4.69, 9.17) is 4.74 Å². The number of fused-ring (bicyclic) bond motifs is 1. The van der Waals surface area contributed by atoms with Crippen LogP contribution in [0.2, 0.25) is 0 Å². The first-order chi connectivity index (χ1) is 12.0. The van der Waals surface area contributed by atoms with Crippen LogP contribution >= 0.6 is 0 Å². The topological polar surface area (TPSA) is 60.3 Å². The summed E-state index contributed by atoms with van der Waals surface area (Å²) in [5.74, 6) is -0.572. The van der Waals surface area contributed by atoms with Gasteiger partial charge in [-0.1, -0.05) is 24.3 Å². The molecule has 0 aliphatic rings. The summed E-state index contributed by atoms with van der Waals surface area (Å²) >= 11 is 0. The molecular weight excluding hydrogens is 316 g/mol. The molecule has 1 N–H and O–H groups in total. The first-order valence-electron chi connectivity index (χ1n) is 8.03. The van der Waals surface area contributed by atoms with Crippen molar-refractivity contribution in [2.24, 2.45) is 0 Å². The number of hydrogen-bond acceptors (Lipinski definition) is 3. The predicted octanol–water partition coefficient (Wildman–Crippen LogP) is 3.68. The Morgan fingerprint density at radius 3 is 2.60 bits per heavy atom. The molecule has 128 valence electrons. The summed E-state index contributed by atoms with van der Waals surface area (Å²) in [6, 6.07) is 15.1. The monoisotopic (exact) mass is 336 g/mol. The number of benzene rings is 2. The molecule has 0 aliphatic heterocycles. The number of esters is 1. The molecule has 0 saturated carbocycles.